The molecule has 1 fully saturated rings. The second-order valence-corrected chi connectivity index (χ2v) is 5.51. The molecule has 7 nitrogen and oxygen atoms in total. The lowest BCUT2D eigenvalue weighted by molar-refractivity contribution is 0.182. The third kappa shape index (κ3) is 3.64. The first-order valence-corrected chi connectivity index (χ1v) is 7.86. The van der Waals surface area contributed by atoms with Gasteiger partial charge in [-0.25, -0.2) is 9.18 Å². The van der Waals surface area contributed by atoms with Gasteiger partial charge in [-0.05, 0) is 37.1 Å². The summed E-state index contributed by atoms with van der Waals surface area (Å²) < 4.78 is 23.6. The van der Waals surface area contributed by atoms with E-state index in [2.05, 4.69) is 15.5 Å². The van der Waals surface area contributed by atoms with E-state index in [9.17, 15) is 9.18 Å². The highest BCUT2D eigenvalue weighted by atomic mass is 19.1. The van der Waals surface area contributed by atoms with Gasteiger partial charge in [0.2, 0.25) is 5.89 Å². The Hall–Kier alpha value is -2.64. The normalized spacial score (nSPS) is 17.1. The fourth-order valence-corrected chi connectivity index (χ4v) is 2.71. The van der Waals surface area contributed by atoms with Gasteiger partial charge in [0.15, 0.2) is 5.82 Å². The van der Waals surface area contributed by atoms with E-state index in [0.29, 0.717) is 37.0 Å². The van der Waals surface area contributed by atoms with Crippen molar-refractivity contribution in [2.24, 2.45) is 0 Å². The van der Waals surface area contributed by atoms with Gasteiger partial charge in [0, 0.05) is 20.0 Å². The Morgan fingerprint density at radius 3 is 3.00 bits per heavy atom. The molecule has 1 N–H and O–H groups in total. The summed E-state index contributed by atoms with van der Waals surface area (Å²) in [7, 11) is 1.60. The Morgan fingerprint density at radius 2 is 2.25 bits per heavy atom. The zero-order valence-electron chi connectivity index (χ0n) is 13.4. The maximum absolute atomic E-state index is 12.8. The molecule has 1 aliphatic heterocycles. The van der Waals surface area contributed by atoms with Crippen molar-refractivity contribution in [1.82, 2.24) is 20.4 Å². The number of amides is 2. The van der Waals surface area contributed by atoms with Crippen LogP contribution in [0, 0.1) is 5.82 Å². The summed E-state index contributed by atoms with van der Waals surface area (Å²) in [6.07, 6.45) is 2.18. The van der Waals surface area contributed by atoms with Gasteiger partial charge in [0.1, 0.15) is 17.6 Å². The van der Waals surface area contributed by atoms with Crippen LogP contribution in [0.4, 0.5) is 9.18 Å². The fraction of sp³-hybridized carbons (Fsp3) is 0.438. The van der Waals surface area contributed by atoms with Gasteiger partial charge in [-0.1, -0.05) is 5.16 Å². The van der Waals surface area contributed by atoms with Gasteiger partial charge in [-0.3, -0.25) is 0 Å². The summed E-state index contributed by atoms with van der Waals surface area (Å²) in [5.74, 6) is 1.26. The molecule has 24 heavy (non-hydrogen) atoms. The zero-order valence-corrected chi connectivity index (χ0v) is 13.4. The number of carbonyl (C=O) groups is 1. The molecule has 1 unspecified atom stereocenters. The van der Waals surface area contributed by atoms with E-state index in [1.54, 1.807) is 24.1 Å². The van der Waals surface area contributed by atoms with Crippen LogP contribution in [-0.2, 0) is 6.42 Å². The topological polar surface area (TPSA) is 80.5 Å². The van der Waals surface area contributed by atoms with E-state index in [0.717, 1.165) is 12.8 Å². The van der Waals surface area contributed by atoms with Crippen LogP contribution < -0.4 is 10.1 Å². The van der Waals surface area contributed by atoms with Crippen LogP contribution >= 0.6 is 0 Å². The van der Waals surface area contributed by atoms with Crippen LogP contribution in [0.2, 0.25) is 0 Å². The largest absolute Gasteiger partial charge is 0.493 e. The Balaban J connectivity index is 1.55. The molecular weight excluding hydrogens is 315 g/mol. The maximum atomic E-state index is 12.8. The van der Waals surface area contributed by atoms with Gasteiger partial charge >= 0.3 is 6.03 Å². The summed E-state index contributed by atoms with van der Waals surface area (Å²) >= 11 is 0. The second kappa shape index (κ2) is 7.29. The molecule has 2 aromatic rings. The SMILES string of the molecule is CNC(=O)N1CCCC1c1nc(CCOc2ccc(F)cc2)no1. The predicted octanol–water partition coefficient (Wildman–Crippen LogP) is 2.31. The number of rotatable bonds is 5. The van der Waals surface area contributed by atoms with Crippen LogP contribution in [0.3, 0.4) is 0 Å². The number of aromatic nitrogens is 2. The number of hydrogen-bond donors (Lipinski definition) is 1. The highest BCUT2D eigenvalue weighted by molar-refractivity contribution is 5.74. The van der Waals surface area contributed by atoms with Crippen LogP contribution in [-0.4, -0.2) is 41.3 Å². The third-order valence-corrected chi connectivity index (χ3v) is 3.90. The summed E-state index contributed by atoms with van der Waals surface area (Å²) in [6, 6.07) is 5.50. The average molecular weight is 334 g/mol. The molecule has 3 rings (SSSR count). The highest BCUT2D eigenvalue weighted by Crippen LogP contribution is 2.30. The Bertz CT molecular complexity index is 689. The number of urea groups is 1. The third-order valence-electron chi connectivity index (χ3n) is 3.90. The highest BCUT2D eigenvalue weighted by Gasteiger charge is 2.33. The summed E-state index contributed by atoms with van der Waals surface area (Å²) in [6.45, 7) is 1.03. The first-order chi connectivity index (χ1) is 11.7. The second-order valence-electron chi connectivity index (χ2n) is 5.51. The van der Waals surface area contributed by atoms with Gasteiger partial charge in [0.25, 0.3) is 0 Å². The number of carbonyl (C=O) groups excluding carboxylic acids is 1. The summed E-state index contributed by atoms with van der Waals surface area (Å²) in [4.78, 5) is 17.9. The van der Waals surface area contributed by atoms with Crippen molar-refractivity contribution in [3.63, 3.8) is 0 Å². The minimum absolute atomic E-state index is 0.142. The fourth-order valence-electron chi connectivity index (χ4n) is 2.71. The number of halogens is 1. The molecule has 128 valence electrons. The van der Waals surface area contributed by atoms with E-state index in [-0.39, 0.29) is 17.9 Å². The molecular formula is C16H19FN4O3. The molecule has 0 spiro atoms. The van der Waals surface area contributed by atoms with Crippen LogP contribution in [0.25, 0.3) is 0 Å². The first-order valence-electron chi connectivity index (χ1n) is 7.86. The molecule has 1 aromatic carbocycles. The number of nitrogens with zero attached hydrogens (tertiary/aromatic N) is 3. The molecule has 2 amide bonds. The van der Waals surface area contributed by atoms with Gasteiger partial charge in [-0.15, -0.1) is 0 Å². The molecule has 0 radical (unpaired) electrons. The molecule has 0 bridgehead atoms. The monoisotopic (exact) mass is 334 g/mol. The number of likely N-dealkylation sites (tertiary alicyclic amines) is 1. The van der Waals surface area contributed by atoms with Crippen molar-refractivity contribution in [3.8, 4) is 5.75 Å². The smallest absolute Gasteiger partial charge is 0.317 e. The lowest BCUT2D eigenvalue weighted by Gasteiger charge is -2.20. The lowest BCUT2D eigenvalue weighted by Crippen LogP contribution is -2.37. The van der Waals surface area contributed by atoms with Crippen LogP contribution in [0.1, 0.15) is 30.6 Å². The Kier molecular flexibility index (Phi) is 4.93. The van der Waals surface area contributed by atoms with Crippen molar-refractivity contribution in [2.45, 2.75) is 25.3 Å². The van der Waals surface area contributed by atoms with Gasteiger partial charge < -0.3 is 19.5 Å². The summed E-state index contributed by atoms with van der Waals surface area (Å²) in [5.41, 5.74) is 0. The van der Waals surface area contributed by atoms with Crippen molar-refractivity contribution in [2.75, 3.05) is 20.2 Å². The predicted molar refractivity (Wildman–Crippen MR) is 83.0 cm³/mol. The van der Waals surface area contributed by atoms with Crippen molar-refractivity contribution < 1.29 is 18.4 Å². The standard InChI is InChI=1S/C16H19FN4O3/c1-18-16(22)21-9-2-3-13(21)15-19-14(20-24-15)8-10-23-12-6-4-11(17)5-7-12/h4-7,13H,2-3,8-10H2,1H3,(H,18,22). The molecule has 0 aliphatic carbocycles. The number of hydrogen-bond acceptors (Lipinski definition) is 5. The minimum Gasteiger partial charge on any atom is -0.493 e. The van der Waals surface area contributed by atoms with E-state index >= 15 is 0 Å². The molecule has 1 aliphatic rings. The van der Waals surface area contributed by atoms with Crippen LogP contribution in [0.5, 0.6) is 5.75 Å². The first kappa shape index (κ1) is 16.2. The molecule has 0 saturated carbocycles. The van der Waals surface area contributed by atoms with Crippen molar-refractivity contribution in [3.05, 3.63) is 41.8 Å². The quantitative estimate of drug-likeness (QED) is 0.907. The van der Waals surface area contributed by atoms with Gasteiger partial charge in [0.05, 0.1) is 6.61 Å². The molecule has 2 heterocycles. The molecule has 1 saturated heterocycles. The van der Waals surface area contributed by atoms with E-state index in [4.69, 9.17) is 9.26 Å². The average Bonchev–Trinajstić information content (AvgIpc) is 3.24. The zero-order chi connectivity index (χ0) is 16.9. The Morgan fingerprint density at radius 1 is 1.46 bits per heavy atom. The van der Waals surface area contributed by atoms with Crippen molar-refractivity contribution >= 4 is 6.03 Å². The number of nitrogens with one attached hydrogen (secondary N) is 1. The lowest BCUT2D eigenvalue weighted by atomic mass is 10.2. The molecule has 1 aromatic heterocycles. The van der Waals surface area contributed by atoms with Gasteiger partial charge in [-0.2, -0.15) is 4.98 Å². The molecule has 8 heteroatoms. The number of benzene rings is 1. The van der Waals surface area contributed by atoms with E-state index in [1.807, 2.05) is 0 Å². The van der Waals surface area contributed by atoms with E-state index in [1.165, 1.54) is 12.1 Å². The summed E-state index contributed by atoms with van der Waals surface area (Å²) in [5, 5.41) is 6.56. The minimum atomic E-state index is -0.303. The Labute approximate surface area is 138 Å². The van der Waals surface area contributed by atoms with Crippen LogP contribution in [0.15, 0.2) is 28.8 Å². The van der Waals surface area contributed by atoms with E-state index < -0.39 is 0 Å². The van der Waals surface area contributed by atoms with Crippen molar-refractivity contribution in [1.29, 1.82) is 0 Å². The number of ether oxygens (including phenoxy) is 1. The maximum Gasteiger partial charge on any atom is 0.317 e. The molecule has 1 atom stereocenters.